The first kappa shape index (κ1) is 12.4. The van der Waals surface area contributed by atoms with E-state index >= 15 is 0 Å². The van der Waals surface area contributed by atoms with E-state index in [0.29, 0.717) is 0 Å². The lowest BCUT2D eigenvalue weighted by Gasteiger charge is -2.44. The minimum Gasteiger partial charge on any atom is -0.296 e. The average Bonchev–Trinajstić information content (AvgIpc) is 2.33. The van der Waals surface area contributed by atoms with Gasteiger partial charge in [0.05, 0.1) is 12.1 Å². The molecule has 1 amide bonds. The predicted octanol–water partition coefficient (Wildman–Crippen LogP) is 1.69. The van der Waals surface area contributed by atoms with Gasteiger partial charge in [-0.25, -0.2) is 0 Å². The number of benzene rings is 1. The Morgan fingerprint density at radius 3 is 2.74 bits per heavy atom. The zero-order valence-corrected chi connectivity index (χ0v) is 11.5. The molecule has 3 heterocycles. The van der Waals surface area contributed by atoms with E-state index in [4.69, 9.17) is 0 Å². The molecular weight excluding hydrogens is 240 g/mol. The molecule has 0 fully saturated rings. The molecule has 4 aliphatic rings. The van der Waals surface area contributed by atoms with Gasteiger partial charge in [0.2, 0.25) is 5.91 Å². The third-order valence-electron chi connectivity index (χ3n) is 4.19. The van der Waals surface area contributed by atoms with Crippen LogP contribution in [0.1, 0.15) is 29.3 Å². The first-order chi connectivity index (χ1) is 9.00. The third kappa shape index (κ3) is 1.70. The number of carbonyl (C=O) groups is 2. The van der Waals surface area contributed by atoms with Gasteiger partial charge in [0, 0.05) is 18.2 Å². The zero-order valence-electron chi connectivity index (χ0n) is 11.5. The molecular formula is C15H18N2O2. The Kier molecular flexibility index (Phi) is 2.71. The lowest BCUT2D eigenvalue weighted by Crippen LogP contribution is -2.56. The van der Waals surface area contributed by atoms with Crippen molar-refractivity contribution in [2.45, 2.75) is 25.9 Å². The molecule has 2 unspecified atom stereocenters. The van der Waals surface area contributed by atoms with Crippen LogP contribution < -0.4 is 4.90 Å². The molecule has 0 N–H and O–H groups in total. The largest absolute Gasteiger partial charge is 0.296 e. The van der Waals surface area contributed by atoms with E-state index in [9.17, 15) is 9.59 Å². The second kappa shape index (κ2) is 4.17. The summed E-state index contributed by atoms with van der Waals surface area (Å²) in [6, 6.07) is 5.76. The quantitative estimate of drug-likeness (QED) is 0.769. The van der Waals surface area contributed by atoms with Gasteiger partial charge < -0.3 is 0 Å². The Bertz CT molecular complexity index is 565. The maximum absolute atomic E-state index is 12.6. The predicted molar refractivity (Wildman–Crippen MR) is 73.2 cm³/mol. The number of carbonyl (C=O) groups excluding carboxylic acids is 2. The molecule has 1 aromatic rings. The second-order valence-electron chi connectivity index (χ2n) is 5.62. The van der Waals surface area contributed by atoms with Crippen LogP contribution in [0.15, 0.2) is 18.2 Å². The molecule has 2 atom stereocenters. The molecule has 4 bridgehead atoms. The van der Waals surface area contributed by atoms with Crippen molar-refractivity contribution in [3.8, 4) is 0 Å². The first-order valence-corrected chi connectivity index (χ1v) is 6.64. The van der Waals surface area contributed by atoms with E-state index in [1.165, 1.54) is 0 Å². The summed E-state index contributed by atoms with van der Waals surface area (Å²) in [6.07, 6.45) is 1.57. The van der Waals surface area contributed by atoms with Crippen molar-refractivity contribution >= 4 is 17.4 Å². The van der Waals surface area contributed by atoms with Crippen LogP contribution in [0.3, 0.4) is 0 Å². The highest BCUT2D eigenvalue weighted by atomic mass is 16.2. The molecule has 3 aliphatic heterocycles. The van der Waals surface area contributed by atoms with E-state index in [1.807, 2.05) is 37.2 Å². The highest BCUT2D eigenvalue weighted by Crippen LogP contribution is 2.37. The van der Waals surface area contributed by atoms with Crippen molar-refractivity contribution in [3.05, 3.63) is 29.3 Å². The highest BCUT2D eigenvalue weighted by Gasteiger charge is 2.42. The van der Waals surface area contributed by atoms with Crippen molar-refractivity contribution in [1.29, 1.82) is 0 Å². The van der Waals surface area contributed by atoms with Crippen molar-refractivity contribution in [3.63, 3.8) is 0 Å². The Labute approximate surface area is 113 Å². The van der Waals surface area contributed by atoms with Gasteiger partial charge in [-0.05, 0) is 50.7 Å². The number of hydrogen-bond donors (Lipinski definition) is 0. The topological polar surface area (TPSA) is 40.6 Å². The van der Waals surface area contributed by atoms with E-state index in [2.05, 4.69) is 0 Å². The van der Waals surface area contributed by atoms with Crippen LogP contribution in [0, 0.1) is 5.92 Å². The number of anilines is 1. The number of amides is 1. The standard InChI is InChI=1S/C15H18N2O2/c1-9(18)17-11-5-7-12-10(8-11)4-6-13(14(12)19)15(17)16(2)3/h5,7-8,13,15H,4,6H2,1-3H3. The first-order valence-electron chi connectivity index (χ1n) is 6.64. The number of aryl methyl sites for hydroxylation is 1. The number of fused-ring (bicyclic) bond motifs is 2. The Morgan fingerprint density at radius 1 is 1.37 bits per heavy atom. The van der Waals surface area contributed by atoms with Gasteiger partial charge in [-0.3, -0.25) is 19.4 Å². The fourth-order valence-electron chi connectivity index (χ4n) is 3.40. The van der Waals surface area contributed by atoms with E-state index in [0.717, 1.165) is 29.7 Å². The van der Waals surface area contributed by atoms with Gasteiger partial charge >= 0.3 is 0 Å². The van der Waals surface area contributed by atoms with Crippen molar-refractivity contribution in [2.75, 3.05) is 19.0 Å². The molecule has 1 aromatic carbocycles. The molecule has 1 aliphatic carbocycles. The Hall–Kier alpha value is -1.68. The molecule has 4 heteroatoms. The summed E-state index contributed by atoms with van der Waals surface area (Å²) in [4.78, 5) is 28.4. The number of rotatable bonds is 1. The van der Waals surface area contributed by atoms with Crippen LogP contribution >= 0.6 is 0 Å². The fraction of sp³-hybridized carbons (Fsp3) is 0.467. The lowest BCUT2D eigenvalue weighted by atomic mass is 9.78. The summed E-state index contributed by atoms with van der Waals surface area (Å²) < 4.78 is 0. The van der Waals surface area contributed by atoms with Crippen LogP contribution in [-0.2, 0) is 11.2 Å². The SMILES string of the molecule is CC(=O)N1c2ccc3c(c2)CCC(C3=O)C1N(C)C. The van der Waals surface area contributed by atoms with Crippen LogP contribution in [-0.4, -0.2) is 36.9 Å². The van der Waals surface area contributed by atoms with Crippen molar-refractivity contribution < 1.29 is 9.59 Å². The van der Waals surface area contributed by atoms with E-state index < -0.39 is 0 Å². The molecule has 0 spiro atoms. The van der Waals surface area contributed by atoms with Crippen LogP contribution in [0.5, 0.6) is 0 Å². The van der Waals surface area contributed by atoms with Crippen LogP contribution in [0.25, 0.3) is 0 Å². The van der Waals surface area contributed by atoms with Crippen LogP contribution in [0.2, 0.25) is 0 Å². The number of hydrogen-bond acceptors (Lipinski definition) is 3. The fourth-order valence-corrected chi connectivity index (χ4v) is 3.40. The average molecular weight is 258 g/mol. The maximum Gasteiger partial charge on any atom is 0.225 e. The van der Waals surface area contributed by atoms with Gasteiger partial charge in [0.15, 0.2) is 5.78 Å². The number of Topliss-reactive ketones (excluding diaryl/α,β-unsaturated/α-hetero) is 1. The number of nitrogens with zero attached hydrogens (tertiary/aromatic N) is 2. The van der Waals surface area contributed by atoms with Gasteiger partial charge in [-0.1, -0.05) is 0 Å². The minimum absolute atomic E-state index is 0.0148. The van der Waals surface area contributed by atoms with Crippen molar-refractivity contribution in [2.24, 2.45) is 5.92 Å². The molecule has 0 radical (unpaired) electrons. The molecule has 0 aromatic heterocycles. The lowest BCUT2D eigenvalue weighted by molar-refractivity contribution is -0.118. The molecule has 4 nitrogen and oxygen atoms in total. The van der Waals surface area contributed by atoms with Crippen molar-refractivity contribution in [1.82, 2.24) is 4.90 Å². The number of ketones is 1. The van der Waals surface area contributed by atoms with Gasteiger partial charge in [-0.2, -0.15) is 0 Å². The van der Waals surface area contributed by atoms with Crippen LogP contribution in [0.4, 0.5) is 5.69 Å². The maximum atomic E-state index is 12.6. The second-order valence-corrected chi connectivity index (χ2v) is 5.62. The monoisotopic (exact) mass is 258 g/mol. The summed E-state index contributed by atoms with van der Waals surface area (Å²) in [5.74, 6) is 0.0442. The summed E-state index contributed by atoms with van der Waals surface area (Å²) in [6.45, 7) is 1.56. The summed E-state index contributed by atoms with van der Waals surface area (Å²) >= 11 is 0. The Morgan fingerprint density at radius 2 is 2.11 bits per heavy atom. The normalized spacial score (nSPS) is 24.8. The van der Waals surface area contributed by atoms with Gasteiger partial charge in [0.1, 0.15) is 0 Å². The Balaban J connectivity index is 2.25. The zero-order chi connectivity index (χ0) is 13.7. The molecule has 0 saturated heterocycles. The molecule has 19 heavy (non-hydrogen) atoms. The molecule has 0 saturated carbocycles. The summed E-state index contributed by atoms with van der Waals surface area (Å²) in [5, 5.41) is 0. The highest BCUT2D eigenvalue weighted by molar-refractivity contribution is 6.04. The van der Waals surface area contributed by atoms with E-state index in [1.54, 1.807) is 11.8 Å². The van der Waals surface area contributed by atoms with Gasteiger partial charge in [-0.15, -0.1) is 0 Å². The summed E-state index contributed by atoms with van der Waals surface area (Å²) in [7, 11) is 3.86. The van der Waals surface area contributed by atoms with Gasteiger partial charge in [0.25, 0.3) is 0 Å². The third-order valence-corrected chi connectivity index (χ3v) is 4.19. The minimum atomic E-state index is -0.182. The van der Waals surface area contributed by atoms with E-state index in [-0.39, 0.29) is 23.8 Å². The molecule has 5 rings (SSSR count). The smallest absolute Gasteiger partial charge is 0.225 e. The molecule has 100 valence electrons. The summed E-state index contributed by atoms with van der Waals surface area (Å²) in [5.41, 5.74) is 2.83.